The molecule has 0 saturated heterocycles. The summed E-state index contributed by atoms with van der Waals surface area (Å²) in [6, 6.07) is 6.51. The zero-order valence-electron chi connectivity index (χ0n) is 9.17. The van der Waals surface area contributed by atoms with Gasteiger partial charge in [-0.1, -0.05) is 5.16 Å². The number of nitrogens with zero attached hydrogens (tertiary/aromatic N) is 2. The first kappa shape index (κ1) is 10.1. The van der Waals surface area contributed by atoms with Crippen LogP contribution in [-0.4, -0.2) is 15.2 Å². The number of rotatable bonds is 4. The summed E-state index contributed by atoms with van der Waals surface area (Å²) in [5, 5.41) is 13.0. The lowest BCUT2D eigenvalue weighted by Crippen LogP contribution is -1.95. The van der Waals surface area contributed by atoms with Crippen molar-refractivity contribution in [1.29, 1.82) is 0 Å². The predicted molar refractivity (Wildman–Crippen MR) is 58.7 cm³/mol. The lowest BCUT2D eigenvalue weighted by Gasteiger charge is -2.02. The fourth-order valence-corrected chi connectivity index (χ4v) is 1.52. The van der Waals surface area contributed by atoms with Gasteiger partial charge in [-0.05, 0) is 37.1 Å². The molecule has 0 spiro atoms. The Morgan fingerprint density at radius 1 is 1.29 bits per heavy atom. The van der Waals surface area contributed by atoms with E-state index in [1.54, 1.807) is 24.3 Å². The molecule has 1 aromatic heterocycles. The highest BCUT2D eigenvalue weighted by Crippen LogP contribution is 2.38. The van der Waals surface area contributed by atoms with Gasteiger partial charge < -0.3 is 14.4 Å². The first-order valence-corrected chi connectivity index (χ1v) is 5.55. The normalized spacial score (nSPS) is 14.8. The van der Waals surface area contributed by atoms with Crippen LogP contribution >= 0.6 is 0 Å². The van der Waals surface area contributed by atoms with Crippen molar-refractivity contribution in [3.8, 4) is 11.5 Å². The highest BCUT2D eigenvalue weighted by atomic mass is 16.5. The zero-order chi connectivity index (χ0) is 11.7. The highest BCUT2D eigenvalue weighted by Gasteiger charge is 2.28. The molecule has 0 aliphatic heterocycles. The van der Waals surface area contributed by atoms with Gasteiger partial charge in [-0.3, -0.25) is 0 Å². The molecular formula is C12H12N2O3. The van der Waals surface area contributed by atoms with Crippen molar-refractivity contribution >= 4 is 0 Å². The molecular weight excluding hydrogens is 220 g/mol. The molecule has 1 aliphatic rings. The largest absolute Gasteiger partial charge is 0.508 e. The van der Waals surface area contributed by atoms with Gasteiger partial charge in [0.2, 0.25) is 0 Å². The summed E-state index contributed by atoms with van der Waals surface area (Å²) in [7, 11) is 0. The minimum atomic E-state index is 0.214. The predicted octanol–water partition coefficient (Wildman–Crippen LogP) is 2.23. The SMILES string of the molecule is Oc1ccc(OCc2nc(C3CC3)no2)cc1. The summed E-state index contributed by atoms with van der Waals surface area (Å²) in [5.74, 6) is 2.63. The molecule has 1 fully saturated rings. The van der Waals surface area contributed by atoms with Gasteiger partial charge in [-0.15, -0.1) is 0 Å². The zero-order valence-corrected chi connectivity index (χ0v) is 9.17. The van der Waals surface area contributed by atoms with Gasteiger partial charge in [-0.25, -0.2) is 0 Å². The molecule has 88 valence electrons. The van der Waals surface area contributed by atoms with Gasteiger partial charge in [0.1, 0.15) is 11.5 Å². The Bertz CT molecular complexity index is 503. The van der Waals surface area contributed by atoms with E-state index in [2.05, 4.69) is 10.1 Å². The van der Waals surface area contributed by atoms with Crippen molar-refractivity contribution < 1.29 is 14.4 Å². The van der Waals surface area contributed by atoms with E-state index in [0.29, 0.717) is 17.6 Å². The van der Waals surface area contributed by atoms with E-state index in [4.69, 9.17) is 14.4 Å². The van der Waals surface area contributed by atoms with Crippen molar-refractivity contribution in [2.24, 2.45) is 0 Å². The maximum Gasteiger partial charge on any atom is 0.264 e. The third kappa shape index (κ3) is 2.38. The minimum Gasteiger partial charge on any atom is -0.508 e. The van der Waals surface area contributed by atoms with E-state index in [0.717, 1.165) is 18.7 Å². The first-order valence-electron chi connectivity index (χ1n) is 5.55. The molecule has 17 heavy (non-hydrogen) atoms. The van der Waals surface area contributed by atoms with Crippen molar-refractivity contribution in [1.82, 2.24) is 10.1 Å². The number of aromatic nitrogens is 2. The summed E-state index contributed by atoms with van der Waals surface area (Å²) >= 11 is 0. The van der Waals surface area contributed by atoms with Crippen LogP contribution in [0.3, 0.4) is 0 Å². The summed E-state index contributed by atoms with van der Waals surface area (Å²) < 4.78 is 10.5. The molecule has 1 aliphatic carbocycles. The fourth-order valence-electron chi connectivity index (χ4n) is 1.52. The maximum absolute atomic E-state index is 9.12. The van der Waals surface area contributed by atoms with E-state index in [1.807, 2.05) is 0 Å². The summed E-state index contributed by atoms with van der Waals surface area (Å²) in [5.41, 5.74) is 0. The molecule has 1 saturated carbocycles. The molecule has 1 N–H and O–H groups in total. The smallest absolute Gasteiger partial charge is 0.264 e. The minimum absolute atomic E-state index is 0.214. The molecule has 3 rings (SSSR count). The second kappa shape index (κ2) is 4.08. The van der Waals surface area contributed by atoms with Crippen molar-refractivity contribution in [3.05, 3.63) is 36.0 Å². The number of ether oxygens (including phenoxy) is 1. The summed E-state index contributed by atoms with van der Waals surface area (Å²) in [4.78, 5) is 4.25. The lowest BCUT2D eigenvalue weighted by molar-refractivity contribution is 0.242. The monoisotopic (exact) mass is 232 g/mol. The quantitative estimate of drug-likeness (QED) is 0.875. The van der Waals surface area contributed by atoms with Gasteiger partial charge in [0.05, 0.1) is 0 Å². The Kier molecular flexibility index (Phi) is 2.44. The third-order valence-electron chi connectivity index (χ3n) is 2.63. The van der Waals surface area contributed by atoms with Crippen LogP contribution in [0, 0.1) is 0 Å². The summed E-state index contributed by atoms with van der Waals surface area (Å²) in [6.45, 7) is 0.254. The van der Waals surface area contributed by atoms with Crippen LogP contribution in [0.25, 0.3) is 0 Å². The maximum atomic E-state index is 9.12. The Balaban J connectivity index is 1.60. The Morgan fingerprint density at radius 2 is 2.06 bits per heavy atom. The van der Waals surface area contributed by atoms with Gasteiger partial charge in [0.25, 0.3) is 5.89 Å². The van der Waals surface area contributed by atoms with Crippen LogP contribution in [0.2, 0.25) is 0 Å². The van der Waals surface area contributed by atoms with Gasteiger partial charge in [0.15, 0.2) is 12.4 Å². The number of aromatic hydroxyl groups is 1. The lowest BCUT2D eigenvalue weighted by atomic mass is 10.3. The second-order valence-electron chi connectivity index (χ2n) is 4.10. The van der Waals surface area contributed by atoms with E-state index in [1.165, 1.54) is 0 Å². The van der Waals surface area contributed by atoms with Crippen molar-refractivity contribution in [2.75, 3.05) is 0 Å². The number of hydrogen-bond acceptors (Lipinski definition) is 5. The molecule has 5 heteroatoms. The van der Waals surface area contributed by atoms with Gasteiger partial charge >= 0.3 is 0 Å². The molecule has 1 aromatic carbocycles. The summed E-state index contributed by atoms with van der Waals surface area (Å²) in [6.07, 6.45) is 2.30. The number of benzene rings is 1. The topological polar surface area (TPSA) is 68.4 Å². The molecule has 0 atom stereocenters. The van der Waals surface area contributed by atoms with Crippen LogP contribution in [-0.2, 0) is 6.61 Å². The fraction of sp³-hybridized carbons (Fsp3) is 0.333. The Hall–Kier alpha value is -2.04. The first-order chi connectivity index (χ1) is 8.31. The van der Waals surface area contributed by atoms with Crippen LogP contribution < -0.4 is 4.74 Å². The van der Waals surface area contributed by atoms with Gasteiger partial charge in [-0.2, -0.15) is 4.98 Å². The number of phenolic OH excluding ortho intramolecular Hbond substituents is 1. The van der Waals surface area contributed by atoms with Crippen LogP contribution in [0.4, 0.5) is 0 Å². The standard InChI is InChI=1S/C12H12N2O3/c15-9-3-5-10(6-4-9)16-7-11-13-12(14-17-11)8-1-2-8/h3-6,8,15H,1-2,7H2. The molecule has 1 heterocycles. The second-order valence-corrected chi connectivity index (χ2v) is 4.10. The van der Waals surface area contributed by atoms with Crippen LogP contribution in [0.5, 0.6) is 11.5 Å². The van der Waals surface area contributed by atoms with Crippen LogP contribution in [0.1, 0.15) is 30.5 Å². The van der Waals surface area contributed by atoms with Crippen LogP contribution in [0.15, 0.2) is 28.8 Å². The highest BCUT2D eigenvalue weighted by molar-refractivity contribution is 5.30. The molecule has 0 amide bonds. The molecule has 2 aromatic rings. The number of hydrogen-bond donors (Lipinski definition) is 1. The average Bonchev–Trinajstić information content (AvgIpc) is 3.09. The van der Waals surface area contributed by atoms with E-state index < -0.39 is 0 Å². The average molecular weight is 232 g/mol. The Morgan fingerprint density at radius 3 is 2.76 bits per heavy atom. The van der Waals surface area contributed by atoms with E-state index in [9.17, 15) is 0 Å². The van der Waals surface area contributed by atoms with Crippen molar-refractivity contribution in [3.63, 3.8) is 0 Å². The third-order valence-corrected chi connectivity index (χ3v) is 2.63. The molecule has 0 radical (unpaired) electrons. The molecule has 0 unspecified atom stereocenters. The van der Waals surface area contributed by atoms with Crippen molar-refractivity contribution in [2.45, 2.75) is 25.4 Å². The molecule has 0 bridgehead atoms. The van der Waals surface area contributed by atoms with Gasteiger partial charge in [0, 0.05) is 5.92 Å². The van der Waals surface area contributed by atoms with E-state index in [-0.39, 0.29) is 12.4 Å². The Labute approximate surface area is 98.0 Å². The molecule has 5 nitrogen and oxygen atoms in total. The number of phenols is 1. The van der Waals surface area contributed by atoms with E-state index >= 15 is 0 Å².